The first kappa shape index (κ1) is 15.6. The molecule has 0 spiro atoms. The van der Waals surface area contributed by atoms with Crippen LogP contribution in [0.25, 0.3) is 0 Å². The van der Waals surface area contributed by atoms with Gasteiger partial charge < -0.3 is 24.3 Å². The smallest absolute Gasteiger partial charge is 0.251 e. The first-order valence-electron chi connectivity index (χ1n) is 8.36. The van der Waals surface area contributed by atoms with Crippen molar-refractivity contribution in [2.24, 2.45) is 0 Å². The number of amides is 1. The van der Waals surface area contributed by atoms with Gasteiger partial charge in [0.15, 0.2) is 23.0 Å². The fourth-order valence-corrected chi connectivity index (χ4v) is 2.82. The fraction of sp³-hybridized carbons (Fsp3) is 0.316. The second-order valence-electron chi connectivity index (χ2n) is 5.91. The SMILES string of the molecule is O=C(NCCc1ccc2c(c1)OCO2)c1ccc2c(c1)OCCCO2. The minimum atomic E-state index is -0.128. The number of rotatable bonds is 4. The molecule has 130 valence electrons. The van der Waals surface area contributed by atoms with E-state index in [4.69, 9.17) is 18.9 Å². The molecule has 0 aromatic heterocycles. The van der Waals surface area contributed by atoms with E-state index in [-0.39, 0.29) is 12.7 Å². The van der Waals surface area contributed by atoms with E-state index in [0.29, 0.717) is 43.2 Å². The molecule has 2 aliphatic heterocycles. The third-order valence-electron chi connectivity index (χ3n) is 4.15. The molecule has 2 heterocycles. The molecule has 2 aliphatic rings. The molecular weight excluding hydrogens is 322 g/mol. The van der Waals surface area contributed by atoms with Crippen LogP contribution in [0.15, 0.2) is 36.4 Å². The average Bonchev–Trinajstić information content (AvgIpc) is 2.97. The summed E-state index contributed by atoms with van der Waals surface area (Å²) in [5, 5.41) is 2.93. The van der Waals surface area contributed by atoms with Crippen molar-refractivity contribution in [3.05, 3.63) is 47.5 Å². The largest absolute Gasteiger partial charge is 0.490 e. The molecule has 6 heteroatoms. The van der Waals surface area contributed by atoms with Gasteiger partial charge in [0.2, 0.25) is 6.79 Å². The van der Waals surface area contributed by atoms with Crippen LogP contribution in [0.1, 0.15) is 22.3 Å². The third-order valence-corrected chi connectivity index (χ3v) is 4.15. The van der Waals surface area contributed by atoms with Crippen LogP contribution in [0, 0.1) is 0 Å². The summed E-state index contributed by atoms with van der Waals surface area (Å²) in [6.45, 7) is 2.03. The highest BCUT2D eigenvalue weighted by molar-refractivity contribution is 5.94. The molecule has 0 fully saturated rings. The number of carbonyl (C=O) groups excluding carboxylic acids is 1. The summed E-state index contributed by atoms with van der Waals surface area (Å²) in [6, 6.07) is 11.1. The Bertz CT molecular complexity index is 789. The van der Waals surface area contributed by atoms with Gasteiger partial charge in [0, 0.05) is 18.5 Å². The summed E-state index contributed by atoms with van der Waals surface area (Å²) in [7, 11) is 0. The Morgan fingerprint density at radius 2 is 1.60 bits per heavy atom. The molecule has 0 radical (unpaired) electrons. The Morgan fingerprint density at radius 1 is 0.880 bits per heavy atom. The highest BCUT2D eigenvalue weighted by Crippen LogP contribution is 2.32. The Morgan fingerprint density at radius 3 is 2.52 bits per heavy atom. The minimum Gasteiger partial charge on any atom is -0.490 e. The molecule has 6 nitrogen and oxygen atoms in total. The topological polar surface area (TPSA) is 66.0 Å². The normalized spacial score (nSPS) is 14.7. The summed E-state index contributed by atoms with van der Waals surface area (Å²) in [6.07, 6.45) is 1.55. The Labute approximate surface area is 145 Å². The van der Waals surface area contributed by atoms with Crippen molar-refractivity contribution in [3.63, 3.8) is 0 Å². The van der Waals surface area contributed by atoms with Gasteiger partial charge in [-0.25, -0.2) is 0 Å². The van der Waals surface area contributed by atoms with Crippen LogP contribution < -0.4 is 24.3 Å². The highest BCUT2D eigenvalue weighted by atomic mass is 16.7. The number of nitrogens with one attached hydrogen (secondary N) is 1. The van der Waals surface area contributed by atoms with Gasteiger partial charge in [-0.05, 0) is 42.3 Å². The molecule has 0 aliphatic carbocycles. The lowest BCUT2D eigenvalue weighted by molar-refractivity contribution is 0.0953. The zero-order valence-electron chi connectivity index (χ0n) is 13.7. The first-order chi connectivity index (χ1) is 12.3. The summed E-state index contributed by atoms with van der Waals surface area (Å²) in [5.74, 6) is 2.71. The Hall–Kier alpha value is -2.89. The van der Waals surface area contributed by atoms with Crippen molar-refractivity contribution in [2.45, 2.75) is 12.8 Å². The number of ether oxygens (including phenoxy) is 4. The zero-order chi connectivity index (χ0) is 17.1. The second-order valence-corrected chi connectivity index (χ2v) is 5.91. The molecule has 2 aromatic rings. The van der Waals surface area contributed by atoms with Crippen LogP contribution in [-0.2, 0) is 6.42 Å². The monoisotopic (exact) mass is 341 g/mol. The van der Waals surface area contributed by atoms with Gasteiger partial charge >= 0.3 is 0 Å². The van der Waals surface area contributed by atoms with Gasteiger partial charge in [-0.2, -0.15) is 0 Å². The van der Waals surface area contributed by atoms with Crippen LogP contribution >= 0.6 is 0 Å². The van der Waals surface area contributed by atoms with E-state index >= 15 is 0 Å². The predicted octanol–water partition coefficient (Wildman–Crippen LogP) is 2.55. The number of hydrogen-bond donors (Lipinski definition) is 1. The van der Waals surface area contributed by atoms with E-state index in [9.17, 15) is 4.79 Å². The number of carbonyl (C=O) groups is 1. The minimum absolute atomic E-state index is 0.128. The van der Waals surface area contributed by atoms with E-state index in [1.807, 2.05) is 18.2 Å². The average molecular weight is 341 g/mol. The van der Waals surface area contributed by atoms with Crippen LogP contribution in [0.5, 0.6) is 23.0 Å². The number of fused-ring (bicyclic) bond motifs is 2. The summed E-state index contributed by atoms with van der Waals surface area (Å²) in [5.41, 5.74) is 1.65. The van der Waals surface area contributed by atoms with Gasteiger partial charge in [0.25, 0.3) is 5.91 Å². The maximum Gasteiger partial charge on any atom is 0.251 e. The van der Waals surface area contributed by atoms with E-state index < -0.39 is 0 Å². The molecular formula is C19H19NO5. The van der Waals surface area contributed by atoms with Crippen LogP contribution in [0.3, 0.4) is 0 Å². The van der Waals surface area contributed by atoms with Crippen molar-refractivity contribution in [1.29, 1.82) is 0 Å². The van der Waals surface area contributed by atoms with Crippen molar-refractivity contribution in [1.82, 2.24) is 5.32 Å². The number of benzene rings is 2. The maximum absolute atomic E-state index is 12.3. The van der Waals surface area contributed by atoms with Crippen LogP contribution in [-0.4, -0.2) is 32.5 Å². The predicted molar refractivity (Wildman–Crippen MR) is 90.7 cm³/mol. The summed E-state index contributed by atoms with van der Waals surface area (Å²) >= 11 is 0. The van der Waals surface area contributed by atoms with E-state index in [1.54, 1.807) is 18.2 Å². The molecule has 0 atom stereocenters. The van der Waals surface area contributed by atoms with Crippen molar-refractivity contribution in [2.75, 3.05) is 26.6 Å². The molecule has 0 bridgehead atoms. The highest BCUT2D eigenvalue weighted by Gasteiger charge is 2.15. The molecule has 1 N–H and O–H groups in total. The van der Waals surface area contributed by atoms with Crippen LogP contribution in [0.4, 0.5) is 0 Å². The van der Waals surface area contributed by atoms with Gasteiger partial charge in [-0.1, -0.05) is 6.07 Å². The summed E-state index contributed by atoms with van der Waals surface area (Å²) < 4.78 is 21.9. The molecule has 1 amide bonds. The van der Waals surface area contributed by atoms with Gasteiger partial charge in [0.1, 0.15) is 0 Å². The lowest BCUT2D eigenvalue weighted by Crippen LogP contribution is -2.25. The molecule has 0 saturated carbocycles. The molecule has 4 rings (SSSR count). The van der Waals surface area contributed by atoms with Crippen molar-refractivity contribution in [3.8, 4) is 23.0 Å². The first-order valence-corrected chi connectivity index (χ1v) is 8.36. The van der Waals surface area contributed by atoms with E-state index in [0.717, 1.165) is 23.5 Å². The molecule has 25 heavy (non-hydrogen) atoms. The second kappa shape index (κ2) is 6.93. The van der Waals surface area contributed by atoms with Crippen LogP contribution in [0.2, 0.25) is 0 Å². The Balaban J connectivity index is 1.35. The maximum atomic E-state index is 12.3. The van der Waals surface area contributed by atoms with Crippen molar-refractivity contribution >= 4 is 5.91 Å². The van der Waals surface area contributed by atoms with Crippen molar-refractivity contribution < 1.29 is 23.7 Å². The lowest BCUT2D eigenvalue weighted by atomic mass is 10.1. The fourth-order valence-electron chi connectivity index (χ4n) is 2.82. The zero-order valence-corrected chi connectivity index (χ0v) is 13.7. The van der Waals surface area contributed by atoms with Gasteiger partial charge in [-0.3, -0.25) is 4.79 Å². The summed E-state index contributed by atoms with van der Waals surface area (Å²) in [4.78, 5) is 12.3. The quantitative estimate of drug-likeness (QED) is 0.926. The molecule has 0 unspecified atom stereocenters. The molecule has 2 aromatic carbocycles. The Kier molecular flexibility index (Phi) is 4.33. The third kappa shape index (κ3) is 3.47. The molecule has 0 saturated heterocycles. The standard InChI is InChI=1S/C19H19NO5/c21-19(14-3-5-15-18(11-14)23-9-1-8-22-15)20-7-6-13-2-4-16-17(10-13)25-12-24-16/h2-5,10-11H,1,6-9,12H2,(H,20,21). The van der Waals surface area contributed by atoms with E-state index in [2.05, 4.69) is 5.32 Å². The van der Waals surface area contributed by atoms with Gasteiger partial charge in [-0.15, -0.1) is 0 Å². The van der Waals surface area contributed by atoms with E-state index in [1.165, 1.54) is 0 Å². The lowest BCUT2D eigenvalue weighted by Gasteiger charge is -2.10. The number of hydrogen-bond acceptors (Lipinski definition) is 5. The van der Waals surface area contributed by atoms with Gasteiger partial charge in [0.05, 0.1) is 13.2 Å².